The van der Waals surface area contributed by atoms with Crippen molar-refractivity contribution in [2.45, 2.75) is 45.1 Å². The number of nitrogens with zero attached hydrogens (tertiary/aromatic N) is 3. The Kier molecular flexibility index (Phi) is 3.64. The summed E-state index contributed by atoms with van der Waals surface area (Å²) in [4.78, 5) is 8.52. The normalized spacial score (nSPS) is 15.7. The molecular formula is C14H19N5O. The fraction of sp³-hybridized carbons (Fsp3) is 0.500. The molecule has 0 saturated heterocycles. The van der Waals surface area contributed by atoms with Crippen LogP contribution in [-0.4, -0.2) is 25.3 Å². The Hall–Kier alpha value is -1.95. The molecule has 3 N–H and O–H groups in total. The van der Waals surface area contributed by atoms with E-state index >= 15 is 0 Å². The number of aryl methyl sites for hydroxylation is 1. The Morgan fingerprint density at radius 2 is 2.20 bits per heavy atom. The lowest BCUT2D eigenvalue weighted by molar-refractivity contribution is 0.276. The van der Waals surface area contributed by atoms with Gasteiger partial charge in [0.05, 0.1) is 24.2 Å². The van der Waals surface area contributed by atoms with E-state index in [0.717, 1.165) is 11.5 Å². The fourth-order valence-electron chi connectivity index (χ4n) is 2.70. The summed E-state index contributed by atoms with van der Waals surface area (Å²) in [6.45, 7) is 1.77. The van der Waals surface area contributed by atoms with Crippen LogP contribution in [0.2, 0.25) is 0 Å². The number of aliphatic hydroxyl groups excluding tert-OH is 1. The Balaban J connectivity index is 1.74. The first kappa shape index (κ1) is 13.1. The smallest absolute Gasteiger partial charge is 0.153 e. The minimum absolute atomic E-state index is 0.0949. The van der Waals surface area contributed by atoms with Gasteiger partial charge in [-0.05, 0) is 19.8 Å². The molecule has 1 aliphatic carbocycles. The minimum atomic E-state index is -0.0949. The number of nitrogens with one attached hydrogen (secondary N) is 2. The molecule has 0 atom stereocenters. The predicted molar refractivity (Wildman–Crippen MR) is 75.8 cm³/mol. The molecule has 2 aromatic heterocycles. The summed E-state index contributed by atoms with van der Waals surface area (Å²) in [7, 11) is 0. The SMILES string of the molecule is Cc1nc(CO)cnc1Nc1cc(C2CCCC2)[nH]n1. The third-order valence-corrected chi connectivity index (χ3v) is 3.80. The fourth-order valence-corrected chi connectivity index (χ4v) is 2.70. The quantitative estimate of drug-likeness (QED) is 0.796. The van der Waals surface area contributed by atoms with Crippen molar-refractivity contribution < 1.29 is 5.11 Å². The number of anilines is 2. The molecular weight excluding hydrogens is 254 g/mol. The lowest BCUT2D eigenvalue weighted by Gasteiger charge is -2.06. The van der Waals surface area contributed by atoms with Crippen LogP contribution in [0.1, 0.15) is 48.7 Å². The van der Waals surface area contributed by atoms with Crippen LogP contribution in [0, 0.1) is 6.92 Å². The summed E-state index contributed by atoms with van der Waals surface area (Å²) < 4.78 is 0. The van der Waals surface area contributed by atoms with Crippen molar-refractivity contribution in [3.63, 3.8) is 0 Å². The molecule has 20 heavy (non-hydrogen) atoms. The molecule has 106 valence electrons. The van der Waals surface area contributed by atoms with Crippen molar-refractivity contribution in [1.29, 1.82) is 0 Å². The molecule has 0 radical (unpaired) electrons. The molecule has 1 fully saturated rings. The van der Waals surface area contributed by atoms with Crippen molar-refractivity contribution in [3.05, 3.63) is 29.3 Å². The van der Waals surface area contributed by atoms with E-state index in [1.165, 1.54) is 31.4 Å². The van der Waals surface area contributed by atoms with Crippen LogP contribution < -0.4 is 5.32 Å². The van der Waals surface area contributed by atoms with Gasteiger partial charge in [-0.15, -0.1) is 0 Å². The van der Waals surface area contributed by atoms with Gasteiger partial charge in [0.2, 0.25) is 0 Å². The van der Waals surface area contributed by atoms with Crippen LogP contribution in [0.25, 0.3) is 0 Å². The van der Waals surface area contributed by atoms with E-state index in [1.807, 2.05) is 6.92 Å². The number of aliphatic hydroxyl groups is 1. The number of hydrogen-bond acceptors (Lipinski definition) is 5. The highest BCUT2D eigenvalue weighted by molar-refractivity contribution is 5.54. The van der Waals surface area contributed by atoms with Crippen molar-refractivity contribution in [2.75, 3.05) is 5.32 Å². The first-order valence-electron chi connectivity index (χ1n) is 7.02. The Morgan fingerprint density at radius 1 is 1.40 bits per heavy atom. The molecule has 6 heteroatoms. The monoisotopic (exact) mass is 273 g/mol. The van der Waals surface area contributed by atoms with E-state index in [2.05, 4.69) is 31.5 Å². The van der Waals surface area contributed by atoms with E-state index in [1.54, 1.807) is 6.20 Å². The number of aromatic nitrogens is 4. The van der Waals surface area contributed by atoms with Crippen LogP contribution in [0.15, 0.2) is 12.3 Å². The van der Waals surface area contributed by atoms with E-state index in [-0.39, 0.29) is 6.61 Å². The van der Waals surface area contributed by atoms with Gasteiger partial charge in [-0.2, -0.15) is 5.10 Å². The first-order chi connectivity index (χ1) is 9.76. The van der Waals surface area contributed by atoms with Crippen LogP contribution in [-0.2, 0) is 6.61 Å². The number of H-pyrrole nitrogens is 1. The zero-order valence-electron chi connectivity index (χ0n) is 11.6. The lowest BCUT2D eigenvalue weighted by atomic mass is 10.0. The van der Waals surface area contributed by atoms with Gasteiger partial charge in [-0.3, -0.25) is 10.1 Å². The highest BCUT2D eigenvalue weighted by Gasteiger charge is 2.19. The third kappa shape index (κ3) is 2.65. The topological polar surface area (TPSA) is 86.7 Å². The van der Waals surface area contributed by atoms with Gasteiger partial charge in [0.25, 0.3) is 0 Å². The molecule has 0 aromatic carbocycles. The van der Waals surface area contributed by atoms with Gasteiger partial charge in [-0.1, -0.05) is 12.8 Å². The highest BCUT2D eigenvalue weighted by Crippen LogP contribution is 2.33. The molecule has 0 spiro atoms. The molecule has 3 rings (SSSR count). The van der Waals surface area contributed by atoms with Gasteiger partial charge < -0.3 is 10.4 Å². The minimum Gasteiger partial charge on any atom is -0.390 e. The summed E-state index contributed by atoms with van der Waals surface area (Å²) in [5, 5.41) is 19.6. The molecule has 1 saturated carbocycles. The molecule has 0 bridgehead atoms. The molecule has 0 aliphatic heterocycles. The zero-order chi connectivity index (χ0) is 13.9. The van der Waals surface area contributed by atoms with Crippen LogP contribution in [0.5, 0.6) is 0 Å². The number of rotatable bonds is 4. The predicted octanol–water partition coefficient (Wildman–Crippen LogP) is 2.40. The highest BCUT2D eigenvalue weighted by atomic mass is 16.3. The molecule has 6 nitrogen and oxygen atoms in total. The Morgan fingerprint density at radius 3 is 2.90 bits per heavy atom. The molecule has 2 heterocycles. The summed E-state index contributed by atoms with van der Waals surface area (Å²) in [6.07, 6.45) is 6.66. The van der Waals surface area contributed by atoms with E-state index in [9.17, 15) is 0 Å². The maximum absolute atomic E-state index is 9.03. The van der Waals surface area contributed by atoms with Crippen LogP contribution in [0.3, 0.4) is 0 Å². The Labute approximate surface area is 117 Å². The van der Waals surface area contributed by atoms with Gasteiger partial charge in [-0.25, -0.2) is 4.98 Å². The van der Waals surface area contributed by atoms with E-state index < -0.39 is 0 Å². The maximum Gasteiger partial charge on any atom is 0.153 e. The second-order valence-electron chi connectivity index (χ2n) is 5.27. The molecule has 0 amide bonds. The molecule has 2 aromatic rings. The Bertz CT molecular complexity index is 589. The lowest BCUT2D eigenvalue weighted by Crippen LogP contribution is -2.01. The maximum atomic E-state index is 9.03. The summed E-state index contributed by atoms with van der Waals surface area (Å²) in [5.41, 5.74) is 2.52. The van der Waals surface area contributed by atoms with Crippen LogP contribution in [0.4, 0.5) is 11.6 Å². The van der Waals surface area contributed by atoms with Crippen molar-refractivity contribution >= 4 is 11.6 Å². The van der Waals surface area contributed by atoms with Crippen molar-refractivity contribution in [2.24, 2.45) is 0 Å². The van der Waals surface area contributed by atoms with Gasteiger partial charge in [0.15, 0.2) is 11.6 Å². The van der Waals surface area contributed by atoms with Gasteiger partial charge >= 0.3 is 0 Å². The second kappa shape index (κ2) is 5.58. The van der Waals surface area contributed by atoms with Crippen molar-refractivity contribution in [3.8, 4) is 0 Å². The average Bonchev–Trinajstić information content (AvgIpc) is 3.11. The van der Waals surface area contributed by atoms with E-state index in [0.29, 0.717) is 17.4 Å². The summed E-state index contributed by atoms with van der Waals surface area (Å²) in [6, 6.07) is 2.05. The van der Waals surface area contributed by atoms with Gasteiger partial charge in [0.1, 0.15) is 0 Å². The average molecular weight is 273 g/mol. The zero-order valence-corrected chi connectivity index (χ0v) is 11.6. The second-order valence-corrected chi connectivity index (χ2v) is 5.27. The standard InChI is InChI=1S/C14H19N5O/c1-9-14(15-7-11(8-20)16-9)17-13-6-12(18-19-13)10-4-2-3-5-10/h6-7,10,20H,2-5,8H2,1H3,(H2,15,17,18,19). The largest absolute Gasteiger partial charge is 0.390 e. The van der Waals surface area contributed by atoms with E-state index in [4.69, 9.17) is 5.11 Å². The number of hydrogen-bond donors (Lipinski definition) is 3. The molecule has 1 aliphatic rings. The first-order valence-corrected chi connectivity index (χ1v) is 7.02. The van der Waals surface area contributed by atoms with Crippen molar-refractivity contribution in [1.82, 2.24) is 20.2 Å². The summed E-state index contributed by atoms with van der Waals surface area (Å²) >= 11 is 0. The van der Waals surface area contributed by atoms with Gasteiger partial charge in [0, 0.05) is 17.7 Å². The number of aromatic amines is 1. The molecule has 0 unspecified atom stereocenters. The third-order valence-electron chi connectivity index (χ3n) is 3.80. The summed E-state index contributed by atoms with van der Waals surface area (Å²) in [5.74, 6) is 2.05. The van der Waals surface area contributed by atoms with Crippen LogP contribution >= 0.6 is 0 Å².